The number of hydrogen-bond acceptors (Lipinski definition) is 1. The van der Waals surface area contributed by atoms with E-state index in [2.05, 4.69) is 78.1 Å². The molecule has 0 spiro atoms. The smallest absolute Gasteiger partial charge is 0.0143 e. The fourth-order valence-electron chi connectivity index (χ4n) is 4.31. The summed E-state index contributed by atoms with van der Waals surface area (Å²) in [5, 5.41) is 3.72. The van der Waals surface area contributed by atoms with Crippen molar-refractivity contribution in [3.8, 4) is 0 Å². The molecule has 128 valence electrons. The van der Waals surface area contributed by atoms with Gasteiger partial charge >= 0.3 is 0 Å². The van der Waals surface area contributed by atoms with E-state index < -0.39 is 0 Å². The molecular formula is C24H27N. The molecule has 1 heteroatoms. The maximum absolute atomic E-state index is 3.72. The van der Waals surface area contributed by atoms with Gasteiger partial charge in [-0.05, 0) is 60.3 Å². The average molecular weight is 329 g/mol. The summed E-state index contributed by atoms with van der Waals surface area (Å²) in [6, 6.07) is 22.4. The highest BCUT2D eigenvalue weighted by molar-refractivity contribution is 5.67. The number of rotatable bonds is 4. The fraction of sp³-hybridized carbons (Fsp3) is 0.333. The number of nitrogens with one attached hydrogen (secondary N) is 1. The van der Waals surface area contributed by atoms with E-state index in [0.717, 1.165) is 18.9 Å². The van der Waals surface area contributed by atoms with Crippen molar-refractivity contribution in [1.29, 1.82) is 0 Å². The Morgan fingerprint density at radius 2 is 1.40 bits per heavy atom. The summed E-state index contributed by atoms with van der Waals surface area (Å²) < 4.78 is 0. The van der Waals surface area contributed by atoms with Crippen molar-refractivity contribution >= 4 is 11.1 Å². The Morgan fingerprint density at radius 1 is 0.760 bits per heavy atom. The summed E-state index contributed by atoms with van der Waals surface area (Å²) >= 11 is 0. The molecule has 0 aromatic heterocycles. The van der Waals surface area contributed by atoms with E-state index in [1.807, 2.05) is 0 Å². The third-order valence-electron chi connectivity index (χ3n) is 5.60. The van der Waals surface area contributed by atoms with Crippen LogP contribution in [0.3, 0.4) is 0 Å². The lowest BCUT2D eigenvalue weighted by molar-refractivity contribution is 0.371. The molecule has 1 heterocycles. The van der Waals surface area contributed by atoms with Crippen LogP contribution in [0.2, 0.25) is 0 Å². The largest absolute Gasteiger partial charge is 0.310 e. The highest BCUT2D eigenvalue weighted by Crippen LogP contribution is 2.35. The molecule has 0 saturated heterocycles. The Balaban J connectivity index is 1.38. The van der Waals surface area contributed by atoms with E-state index in [-0.39, 0.29) is 0 Å². The molecule has 1 nitrogen and oxygen atoms in total. The van der Waals surface area contributed by atoms with Gasteiger partial charge in [0.1, 0.15) is 0 Å². The molecule has 2 aromatic carbocycles. The van der Waals surface area contributed by atoms with E-state index in [4.69, 9.17) is 0 Å². The quantitative estimate of drug-likeness (QED) is 0.758. The van der Waals surface area contributed by atoms with E-state index in [1.54, 1.807) is 5.57 Å². The monoisotopic (exact) mass is 329 g/mol. The van der Waals surface area contributed by atoms with Crippen LogP contribution in [0.25, 0.3) is 11.1 Å². The van der Waals surface area contributed by atoms with Crippen LogP contribution in [-0.4, -0.2) is 12.6 Å². The standard InChI is InChI=1S/C24H27N/c1-3-9-20(10-4-1)22-13-7-8-19(16-22)17-24-18-23(14-15-25-24)21-11-5-2-6-12-21/h1-6,9-14,19,24-25H,7-8,15-18H2/t19?,24-/m1/s1. The normalized spacial score (nSPS) is 23.7. The summed E-state index contributed by atoms with van der Waals surface area (Å²) in [6.07, 6.45) is 11.0. The highest BCUT2D eigenvalue weighted by Gasteiger charge is 2.23. The molecule has 0 fully saturated rings. The van der Waals surface area contributed by atoms with Crippen molar-refractivity contribution in [3.63, 3.8) is 0 Å². The summed E-state index contributed by atoms with van der Waals surface area (Å²) in [5.74, 6) is 0.799. The minimum absolute atomic E-state index is 0.611. The average Bonchev–Trinajstić information content (AvgIpc) is 2.70. The van der Waals surface area contributed by atoms with Gasteiger partial charge in [0.25, 0.3) is 0 Å². The lowest BCUT2D eigenvalue weighted by atomic mass is 9.80. The summed E-state index contributed by atoms with van der Waals surface area (Å²) in [4.78, 5) is 0. The second-order valence-electron chi connectivity index (χ2n) is 7.38. The van der Waals surface area contributed by atoms with Crippen molar-refractivity contribution in [2.24, 2.45) is 5.92 Å². The molecule has 1 aliphatic heterocycles. The van der Waals surface area contributed by atoms with Crippen LogP contribution in [0.4, 0.5) is 0 Å². The SMILES string of the molecule is C1=C(c2ccccc2)CC(C[C@@H]2CC(c3ccccc3)=CCN2)CC1. The summed E-state index contributed by atoms with van der Waals surface area (Å²) in [5.41, 5.74) is 5.86. The lowest BCUT2D eigenvalue weighted by Crippen LogP contribution is -2.35. The van der Waals surface area contributed by atoms with Gasteiger partial charge in [0.2, 0.25) is 0 Å². The van der Waals surface area contributed by atoms with Crippen LogP contribution in [0, 0.1) is 5.92 Å². The molecule has 0 bridgehead atoms. The molecule has 2 aromatic rings. The van der Waals surface area contributed by atoms with Crippen LogP contribution in [0.1, 0.15) is 43.2 Å². The molecule has 0 amide bonds. The molecule has 4 rings (SSSR count). The van der Waals surface area contributed by atoms with Crippen molar-refractivity contribution in [3.05, 3.63) is 83.9 Å². The van der Waals surface area contributed by atoms with Crippen LogP contribution < -0.4 is 5.32 Å². The number of allylic oxidation sites excluding steroid dienone is 2. The Hall–Kier alpha value is -2.12. The van der Waals surface area contributed by atoms with Gasteiger partial charge in [-0.3, -0.25) is 0 Å². The maximum atomic E-state index is 3.72. The van der Waals surface area contributed by atoms with Gasteiger partial charge in [-0.15, -0.1) is 0 Å². The van der Waals surface area contributed by atoms with Gasteiger partial charge in [0.05, 0.1) is 0 Å². The summed E-state index contributed by atoms with van der Waals surface area (Å²) in [7, 11) is 0. The first kappa shape index (κ1) is 16.4. The number of hydrogen-bond donors (Lipinski definition) is 1. The Morgan fingerprint density at radius 3 is 2.08 bits per heavy atom. The van der Waals surface area contributed by atoms with E-state index in [9.17, 15) is 0 Å². The lowest BCUT2D eigenvalue weighted by Gasteiger charge is -2.30. The zero-order chi connectivity index (χ0) is 16.9. The predicted octanol–water partition coefficient (Wildman–Crippen LogP) is 5.71. The minimum Gasteiger partial charge on any atom is -0.310 e. The second-order valence-corrected chi connectivity index (χ2v) is 7.38. The topological polar surface area (TPSA) is 12.0 Å². The van der Waals surface area contributed by atoms with Gasteiger partial charge in [0, 0.05) is 12.6 Å². The Bertz CT molecular complexity index is 677. The predicted molar refractivity (Wildman–Crippen MR) is 107 cm³/mol. The van der Waals surface area contributed by atoms with Gasteiger partial charge in [0.15, 0.2) is 0 Å². The van der Waals surface area contributed by atoms with Gasteiger partial charge in [-0.25, -0.2) is 0 Å². The molecule has 1 N–H and O–H groups in total. The van der Waals surface area contributed by atoms with Crippen molar-refractivity contribution in [2.45, 2.75) is 38.1 Å². The molecule has 1 aliphatic carbocycles. The molecule has 2 aliphatic rings. The zero-order valence-corrected chi connectivity index (χ0v) is 14.8. The van der Waals surface area contributed by atoms with E-state index in [1.165, 1.54) is 42.4 Å². The van der Waals surface area contributed by atoms with Crippen LogP contribution in [-0.2, 0) is 0 Å². The zero-order valence-electron chi connectivity index (χ0n) is 14.8. The molecule has 2 atom stereocenters. The van der Waals surface area contributed by atoms with Gasteiger partial charge in [-0.2, -0.15) is 0 Å². The van der Waals surface area contributed by atoms with Crippen molar-refractivity contribution < 1.29 is 0 Å². The van der Waals surface area contributed by atoms with Gasteiger partial charge < -0.3 is 5.32 Å². The minimum atomic E-state index is 0.611. The third-order valence-corrected chi connectivity index (χ3v) is 5.60. The summed E-state index contributed by atoms with van der Waals surface area (Å²) in [6.45, 7) is 1.00. The fourth-order valence-corrected chi connectivity index (χ4v) is 4.31. The van der Waals surface area contributed by atoms with Gasteiger partial charge in [-0.1, -0.05) is 72.8 Å². The first-order chi connectivity index (χ1) is 12.4. The third kappa shape index (κ3) is 4.11. The van der Waals surface area contributed by atoms with Crippen LogP contribution in [0.5, 0.6) is 0 Å². The first-order valence-electron chi connectivity index (χ1n) is 9.61. The van der Waals surface area contributed by atoms with E-state index >= 15 is 0 Å². The molecule has 0 radical (unpaired) electrons. The van der Waals surface area contributed by atoms with E-state index in [0.29, 0.717) is 6.04 Å². The first-order valence-corrected chi connectivity index (χ1v) is 9.61. The molecular weight excluding hydrogens is 302 g/mol. The van der Waals surface area contributed by atoms with Crippen LogP contribution in [0.15, 0.2) is 72.8 Å². The second kappa shape index (κ2) is 7.84. The Labute approximate surface area is 151 Å². The number of benzene rings is 2. The molecule has 1 unspecified atom stereocenters. The van der Waals surface area contributed by atoms with Crippen molar-refractivity contribution in [2.75, 3.05) is 6.54 Å². The maximum Gasteiger partial charge on any atom is 0.0143 e. The van der Waals surface area contributed by atoms with Crippen LogP contribution >= 0.6 is 0 Å². The Kier molecular flexibility index (Phi) is 5.13. The van der Waals surface area contributed by atoms with Crippen molar-refractivity contribution in [1.82, 2.24) is 5.32 Å². The molecule has 0 saturated carbocycles. The molecule has 25 heavy (non-hydrogen) atoms. The highest BCUT2D eigenvalue weighted by atomic mass is 14.9.